The van der Waals surface area contributed by atoms with Gasteiger partial charge in [0.1, 0.15) is 18.2 Å². The SMILES string of the molecule is CCCCCCCCCOC(=O)CCCCCCCN(CCCCCCCCOCOC(CCCCCCCC)CCCCCCCC)CCCNc1c(N2CCCCC2)c(=O)c1=O.[HH]. The number of nitrogens with one attached hydrogen (secondary N) is 1. The first-order chi connectivity index (χ1) is 31.5. The summed E-state index contributed by atoms with van der Waals surface area (Å²) < 4.78 is 17.7. The molecule has 1 aliphatic rings. The van der Waals surface area contributed by atoms with E-state index < -0.39 is 0 Å². The highest BCUT2D eigenvalue weighted by molar-refractivity contribution is 5.75. The lowest BCUT2D eigenvalue weighted by molar-refractivity contribution is -0.143. The van der Waals surface area contributed by atoms with Crippen LogP contribution < -0.4 is 21.1 Å². The predicted molar refractivity (Wildman–Crippen MR) is 275 cm³/mol. The van der Waals surface area contributed by atoms with Gasteiger partial charge in [-0.15, -0.1) is 0 Å². The van der Waals surface area contributed by atoms with E-state index in [4.69, 9.17) is 14.2 Å². The van der Waals surface area contributed by atoms with Crippen LogP contribution in [0.1, 0.15) is 260 Å². The van der Waals surface area contributed by atoms with Gasteiger partial charge in [0.05, 0.1) is 12.7 Å². The number of anilines is 2. The molecule has 1 heterocycles. The van der Waals surface area contributed by atoms with E-state index in [0.717, 1.165) is 104 Å². The van der Waals surface area contributed by atoms with Gasteiger partial charge in [-0.05, 0) is 90.3 Å². The number of hydrogen-bond acceptors (Lipinski definition) is 9. The second kappa shape index (κ2) is 42.4. The molecule has 1 saturated heterocycles. The van der Waals surface area contributed by atoms with E-state index in [9.17, 15) is 14.4 Å². The maximum Gasteiger partial charge on any atom is 0.305 e. The average molecular weight is 904 g/mol. The number of unbranched alkanes of at least 4 members (excludes halogenated alkanes) is 25. The van der Waals surface area contributed by atoms with Crippen molar-refractivity contribution in [2.24, 2.45) is 0 Å². The van der Waals surface area contributed by atoms with Gasteiger partial charge in [0, 0.05) is 34.1 Å². The van der Waals surface area contributed by atoms with Crippen molar-refractivity contribution in [2.75, 3.05) is 69.5 Å². The lowest BCUT2D eigenvalue weighted by Crippen LogP contribution is -2.44. The number of esters is 1. The molecule has 376 valence electrons. The quantitative estimate of drug-likeness (QED) is 0.0297. The Bertz CT molecular complexity index is 1250. The number of carbonyl (C=O) groups excluding carboxylic acids is 1. The summed E-state index contributed by atoms with van der Waals surface area (Å²) in [7, 11) is 0. The van der Waals surface area contributed by atoms with Crippen molar-refractivity contribution in [3.05, 3.63) is 20.4 Å². The Balaban J connectivity index is 0.0000211. The minimum absolute atomic E-state index is 0. The van der Waals surface area contributed by atoms with Gasteiger partial charge in [-0.3, -0.25) is 14.4 Å². The number of hydrogen-bond donors (Lipinski definition) is 1. The van der Waals surface area contributed by atoms with Gasteiger partial charge in [0.25, 0.3) is 10.9 Å². The van der Waals surface area contributed by atoms with E-state index in [-0.39, 0.29) is 18.3 Å². The molecule has 0 amide bonds. The molecule has 0 aliphatic carbocycles. The standard InChI is InChI=1S/C55H103N3O6.H2/c1-4-7-10-13-17-26-36-48-63-51(59)40-30-22-19-24-32-43-57(44-37-41-56-52-53(55(61)54(52)60)58-45-33-27-34-46-58)42-31-23-16-18-25-35-47-62-49-64-50(38-28-20-14-11-8-5-2)39-29-21-15-12-9-6-3;/h50,56H,4-49H2,1-3H3;1H. The lowest BCUT2D eigenvalue weighted by Gasteiger charge is -2.31. The summed E-state index contributed by atoms with van der Waals surface area (Å²) in [5, 5.41) is 3.36. The van der Waals surface area contributed by atoms with Gasteiger partial charge in [-0.2, -0.15) is 0 Å². The molecular weight excluding hydrogens is 799 g/mol. The average Bonchev–Trinajstić information content (AvgIpc) is 3.31. The monoisotopic (exact) mass is 904 g/mol. The molecular formula is C55H105N3O6. The van der Waals surface area contributed by atoms with Crippen molar-refractivity contribution < 1.29 is 20.4 Å². The summed E-state index contributed by atoms with van der Waals surface area (Å²) >= 11 is 0. The first-order valence-corrected chi connectivity index (χ1v) is 27.9. The van der Waals surface area contributed by atoms with E-state index in [2.05, 4.69) is 35.9 Å². The zero-order valence-corrected chi connectivity index (χ0v) is 42.4. The Morgan fingerprint density at radius 1 is 0.562 bits per heavy atom. The molecule has 64 heavy (non-hydrogen) atoms. The third kappa shape index (κ3) is 30.3. The molecule has 1 N–H and O–H groups in total. The Morgan fingerprint density at radius 2 is 1.03 bits per heavy atom. The highest BCUT2D eigenvalue weighted by Gasteiger charge is 2.26. The van der Waals surface area contributed by atoms with Gasteiger partial charge >= 0.3 is 5.97 Å². The van der Waals surface area contributed by atoms with Crippen LogP contribution in [0.15, 0.2) is 9.59 Å². The van der Waals surface area contributed by atoms with Gasteiger partial charge in [-0.25, -0.2) is 0 Å². The Labute approximate surface area is 395 Å². The molecule has 1 aromatic rings. The fourth-order valence-electron chi connectivity index (χ4n) is 9.33. The predicted octanol–water partition coefficient (Wildman–Crippen LogP) is 14.5. The number of rotatable bonds is 48. The maximum atomic E-state index is 12.5. The van der Waals surface area contributed by atoms with Crippen molar-refractivity contribution in [2.45, 2.75) is 264 Å². The van der Waals surface area contributed by atoms with Crippen LogP contribution in [0.2, 0.25) is 0 Å². The summed E-state index contributed by atoms with van der Waals surface area (Å²) in [5.41, 5.74) is 0.530. The topological polar surface area (TPSA) is 97.4 Å². The van der Waals surface area contributed by atoms with E-state index >= 15 is 0 Å². The highest BCUT2D eigenvalue weighted by atomic mass is 16.7. The Morgan fingerprint density at radius 3 is 1.59 bits per heavy atom. The fourth-order valence-corrected chi connectivity index (χ4v) is 9.33. The minimum Gasteiger partial charge on any atom is -0.466 e. The molecule has 2 rings (SSSR count). The molecule has 9 heteroatoms. The van der Waals surface area contributed by atoms with Crippen LogP contribution in [-0.4, -0.2) is 76.2 Å². The van der Waals surface area contributed by atoms with E-state index in [1.165, 1.54) is 167 Å². The summed E-state index contributed by atoms with van der Waals surface area (Å²) in [6, 6.07) is 0. The molecule has 1 fully saturated rings. The largest absolute Gasteiger partial charge is 0.466 e. The number of ether oxygens (including phenoxy) is 3. The Hall–Kier alpha value is -1.97. The molecule has 9 nitrogen and oxygen atoms in total. The van der Waals surface area contributed by atoms with Crippen LogP contribution in [0.5, 0.6) is 0 Å². The van der Waals surface area contributed by atoms with E-state index in [1.807, 2.05) is 0 Å². The molecule has 0 spiro atoms. The van der Waals surface area contributed by atoms with Gasteiger partial charge < -0.3 is 29.3 Å². The third-order valence-electron chi connectivity index (χ3n) is 13.5. The first-order valence-electron chi connectivity index (χ1n) is 27.9. The summed E-state index contributed by atoms with van der Waals surface area (Å²) in [6.07, 6.45) is 45.0. The van der Waals surface area contributed by atoms with E-state index in [1.54, 1.807) is 0 Å². The zero-order chi connectivity index (χ0) is 46.0. The van der Waals surface area contributed by atoms with E-state index in [0.29, 0.717) is 43.8 Å². The van der Waals surface area contributed by atoms with Crippen molar-refractivity contribution in [3.63, 3.8) is 0 Å². The highest BCUT2D eigenvalue weighted by Crippen LogP contribution is 2.24. The molecule has 0 atom stereocenters. The molecule has 1 aromatic carbocycles. The van der Waals surface area contributed by atoms with Crippen molar-refractivity contribution in [1.82, 2.24) is 4.90 Å². The molecule has 0 aromatic heterocycles. The van der Waals surface area contributed by atoms with Crippen molar-refractivity contribution in [1.29, 1.82) is 0 Å². The first kappa shape index (κ1) is 58.2. The molecule has 0 bridgehead atoms. The van der Waals surface area contributed by atoms with Crippen LogP contribution in [0.4, 0.5) is 11.4 Å². The molecule has 0 saturated carbocycles. The van der Waals surface area contributed by atoms with Crippen LogP contribution in [0, 0.1) is 0 Å². The van der Waals surface area contributed by atoms with Crippen LogP contribution in [0.25, 0.3) is 0 Å². The number of carbonyl (C=O) groups is 1. The van der Waals surface area contributed by atoms with Gasteiger partial charge in [0.2, 0.25) is 0 Å². The zero-order valence-electron chi connectivity index (χ0n) is 42.4. The Kier molecular flexibility index (Phi) is 38.5. The smallest absolute Gasteiger partial charge is 0.305 e. The third-order valence-corrected chi connectivity index (χ3v) is 13.5. The minimum atomic E-state index is -0.343. The number of piperidine rings is 1. The number of nitrogens with zero attached hydrogens (tertiary/aromatic N) is 2. The summed E-state index contributed by atoms with van der Waals surface area (Å²) in [6.45, 7) is 14.3. The van der Waals surface area contributed by atoms with Crippen molar-refractivity contribution in [3.8, 4) is 0 Å². The second-order valence-corrected chi connectivity index (χ2v) is 19.5. The lowest BCUT2D eigenvalue weighted by atomic mass is 10.0. The molecule has 0 radical (unpaired) electrons. The molecule has 0 unspecified atom stereocenters. The van der Waals surface area contributed by atoms with Gasteiger partial charge in [-0.1, -0.05) is 181 Å². The molecule has 1 aliphatic heterocycles. The van der Waals surface area contributed by atoms with Crippen LogP contribution in [-0.2, 0) is 19.0 Å². The van der Waals surface area contributed by atoms with Crippen molar-refractivity contribution >= 4 is 17.3 Å². The summed E-state index contributed by atoms with van der Waals surface area (Å²) in [4.78, 5) is 41.8. The maximum absolute atomic E-state index is 12.5. The van der Waals surface area contributed by atoms with Crippen LogP contribution in [0.3, 0.4) is 0 Å². The second-order valence-electron chi connectivity index (χ2n) is 19.5. The summed E-state index contributed by atoms with van der Waals surface area (Å²) in [5.74, 6) is -0.0307. The normalized spacial score (nSPS) is 13.2. The fraction of sp³-hybridized carbons (Fsp3) is 0.909. The van der Waals surface area contributed by atoms with Gasteiger partial charge in [0.15, 0.2) is 0 Å². The van der Waals surface area contributed by atoms with Crippen LogP contribution >= 0.6 is 0 Å².